The van der Waals surface area contributed by atoms with E-state index < -0.39 is 15.4 Å². The van der Waals surface area contributed by atoms with Gasteiger partial charge in [0.15, 0.2) is 5.75 Å². The highest BCUT2D eigenvalue weighted by molar-refractivity contribution is 7.88. The lowest BCUT2D eigenvalue weighted by Crippen LogP contribution is -2.58. The molecule has 35 heavy (non-hydrogen) atoms. The highest BCUT2D eigenvalue weighted by Gasteiger charge is 2.54. The van der Waals surface area contributed by atoms with Gasteiger partial charge in [0.05, 0.1) is 28.8 Å². The van der Waals surface area contributed by atoms with Crippen molar-refractivity contribution in [1.29, 1.82) is 5.26 Å². The van der Waals surface area contributed by atoms with E-state index in [1.807, 2.05) is 36.4 Å². The Morgan fingerprint density at radius 2 is 1.80 bits per heavy atom. The number of nitriles is 1. The van der Waals surface area contributed by atoms with Crippen molar-refractivity contribution in [2.75, 3.05) is 18.7 Å². The summed E-state index contributed by atoms with van der Waals surface area (Å²) in [6.07, 6.45) is 5.04. The van der Waals surface area contributed by atoms with E-state index in [1.165, 1.54) is 6.26 Å². The first-order chi connectivity index (χ1) is 16.4. The zero-order valence-electron chi connectivity index (χ0n) is 20.1. The molecule has 1 N–H and O–H groups in total. The third-order valence-electron chi connectivity index (χ3n) is 7.15. The van der Waals surface area contributed by atoms with Crippen LogP contribution in [0.5, 0.6) is 11.5 Å². The summed E-state index contributed by atoms with van der Waals surface area (Å²) in [6, 6.07) is 13.9. The van der Waals surface area contributed by atoms with Crippen LogP contribution in [0.3, 0.4) is 0 Å². The van der Waals surface area contributed by atoms with Gasteiger partial charge in [-0.2, -0.15) is 5.26 Å². The molecule has 0 unspecified atom stereocenters. The molecule has 4 rings (SSSR count). The van der Waals surface area contributed by atoms with Crippen LogP contribution in [0, 0.1) is 16.7 Å². The van der Waals surface area contributed by atoms with Crippen molar-refractivity contribution in [1.82, 2.24) is 4.72 Å². The quantitative estimate of drug-likeness (QED) is 0.433. The van der Waals surface area contributed by atoms with Gasteiger partial charge in [0.25, 0.3) is 0 Å². The summed E-state index contributed by atoms with van der Waals surface area (Å²) in [5.41, 5.74) is 2.20. The van der Waals surface area contributed by atoms with E-state index in [-0.39, 0.29) is 24.2 Å². The van der Waals surface area contributed by atoms with Gasteiger partial charge >= 0.3 is 0 Å². The van der Waals surface area contributed by atoms with Crippen molar-refractivity contribution >= 4 is 33.2 Å². The molecule has 2 fully saturated rings. The third-order valence-corrected chi connectivity index (χ3v) is 8.35. The number of benzene rings is 2. The van der Waals surface area contributed by atoms with Gasteiger partial charge in [0, 0.05) is 11.5 Å². The predicted molar refractivity (Wildman–Crippen MR) is 138 cm³/mol. The topological polar surface area (TPSA) is 88.4 Å². The largest absolute Gasteiger partial charge is 0.490 e. The number of alkyl halides is 1. The minimum Gasteiger partial charge on any atom is -0.490 e. The first-order valence-electron chi connectivity index (χ1n) is 11.6. The maximum Gasteiger partial charge on any atom is 0.208 e. The minimum absolute atomic E-state index is 0.0588. The fourth-order valence-electron chi connectivity index (χ4n) is 5.33. The highest BCUT2D eigenvalue weighted by Crippen LogP contribution is 2.57. The van der Waals surface area contributed by atoms with Crippen LogP contribution in [0.2, 0.25) is 5.02 Å². The summed E-state index contributed by atoms with van der Waals surface area (Å²) in [5.74, 6) is 1.49. The molecule has 0 heterocycles. The van der Waals surface area contributed by atoms with E-state index in [4.69, 9.17) is 32.7 Å². The normalized spacial score (nSPS) is 23.8. The molecule has 2 aliphatic rings. The molecule has 0 radical (unpaired) electrons. The SMILES string of the molecule is CC(C)(c1ccc(OC2CC3(CC(NS(C)(=O)=O)C3)C2)cc1)c1cc(Cl)c(OCCCl)c(C#N)c1. The van der Waals surface area contributed by atoms with Gasteiger partial charge in [-0.1, -0.05) is 37.6 Å². The van der Waals surface area contributed by atoms with E-state index in [1.54, 1.807) is 0 Å². The molecule has 2 aliphatic carbocycles. The maximum atomic E-state index is 11.4. The molecular formula is C26H30Cl2N2O4S. The van der Waals surface area contributed by atoms with Crippen LogP contribution >= 0.6 is 23.2 Å². The molecular weight excluding hydrogens is 507 g/mol. The smallest absolute Gasteiger partial charge is 0.208 e. The Kier molecular flexibility index (Phi) is 7.32. The van der Waals surface area contributed by atoms with Crippen LogP contribution in [-0.2, 0) is 15.4 Å². The Bertz CT molecular complexity index is 1230. The molecule has 2 saturated carbocycles. The number of hydrogen-bond acceptors (Lipinski definition) is 5. The minimum atomic E-state index is -3.14. The molecule has 2 aromatic rings. The Morgan fingerprint density at radius 1 is 1.14 bits per heavy atom. The lowest BCUT2D eigenvalue weighted by atomic mass is 9.53. The summed E-state index contributed by atoms with van der Waals surface area (Å²) in [6.45, 7) is 4.45. The summed E-state index contributed by atoms with van der Waals surface area (Å²) < 4.78 is 37.2. The summed E-state index contributed by atoms with van der Waals surface area (Å²) in [4.78, 5) is 0. The van der Waals surface area contributed by atoms with E-state index in [0.717, 1.165) is 42.6 Å². The molecule has 0 atom stereocenters. The van der Waals surface area contributed by atoms with E-state index in [9.17, 15) is 13.7 Å². The van der Waals surface area contributed by atoms with Crippen molar-refractivity contribution in [3.8, 4) is 17.6 Å². The second-order valence-electron chi connectivity index (χ2n) is 10.3. The molecule has 6 nitrogen and oxygen atoms in total. The second kappa shape index (κ2) is 9.82. The van der Waals surface area contributed by atoms with E-state index in [0.29, 0.717) is 22.2 Å². The van der Waals surface area contributed by atoms with Gasteiger partial charge in [-0.15, -0.1) is 11.6 Å². The number of halogens is 2. The third kappa shape index (κ3) is 5.72. The summed E-state index contributed by atoms with van der Waals surface area (Å²) in [7, 11) is -3.14. The standard InChI is InChI=1S/C26H30Cl2N2O4S/c1-25(2,19-10-17(16-29)24(23(28)11-19)33-9-8-27)18-4-6-21(7-5-18)34-22-14-26(15-22)12-20(13-26)30-35(3,31)32/h4-7,10-11,20,22,30H,8-9,12-15H2,1-3H3. The zero-order chi connectivity index (χ0) is 25.4. The lowest BCUT2D eigenvalue weighted by molar-refractivity contribution is -0.0811. The molecule has 0 aliphatic heterocycles. The predicted octanol–water partition coefficient (Wildman–Crippen LogP) is 5.39. The molecule has 0 bridgehead atoms. The molecule has 0 saturated heterocycles. The van der Waals surface area contributed by atoms with Crippen molar-refractivity contribution < 1.29 is 17.9 Å². The van der Waals surface area contributed by atoms with Gasteiger partial charge < -0.3 is 9.47 Å². The van der Waals surface area contributed by atoms with Gasteiger partial charge in [0.2, 0.25) is 10.0 Å². The number of nitrogens with one attached hydrogen (secondary N) is 1. The molecule has 9 heteroatoms. The van der Waals surface area contributed by atoms with Crippen molar-refractivity contribution in [2.45, 2.75) is 57.1 Å². The van der Waals surface area contributed by atoms with Crippen LogP contribution < -0.4 is 14.2 Å². The van der Waals surface area contributed by atoms with Crippen LogP contribution in [0.1, 0.15) is 56.2 Å². The Hall–Kier alpha value is -1.98. The van der Waals surface area contributed by atoms with Crippen molar-refractivity contribution in [3.63, 3.8) is 0 Å². The highest BCUT2D eigenvalue weighted by atomic mass is 35.5. The van der Waals surface area contributed by atoms with Crippen LogP contribution in [0.25, 0.3) is 0 Å². The molecule has 1 spiro atoms. The van der Waals surface area contributed by atoms with E-state index >= 15 is 0 Å². The molecule has 2 aromatic carbocycles. The first kappa shape index (κ1) is 26.1. The Balaban J connectivity index is 1.38. The van der Waals surface area contributed by atoms with Crippen LogP contribution in [0.15, 0.2) is 36.4 Å². The Labute approximate surface area is 217 Å². The average Bonchev–Trinajstić information content (AvgIpc) is 2.74. The monoisotopic (exact) mass is 536 g/mol. The van der Waals surface area contributed by atoms with Crippen LogP contribution in [0.4, 0.5) is 0 Å². The lowest BCUT2D eigenvalue weighted by Gasteiger charge is -2.57. The Morgan fingerprint density at radius 3 is 2.37 bits per heavy atom. The fraction of sp³-hybridized carbons (Fsp3) is 0.500. The first-order valence-corrected chi connectivity index (χ1v) is 14.4. The fourth-order valence-corrected chi connectivity index (χ4v) is 6.45. The maximum absolute atomic E-state index is 11.4. The van der Waals surface area contributed by atoms with Gasteiger partial charge in [0.1, 0.15) is 18.4 Å². The summed E-state index contributed by atoms with van der Waals surface area (Å²) >= 11 is 12.2. The van der Waals surface area contributed by atoms with Gasteiger partial charge in [-0.05, 0) is 66.5 Å². The molecule has 0 aromatic heterocycles. The van der Waals surface area contributed by atoms with Crippen molar-refractivity contribution in [3.05, 3.63) is 58.1 Å². The zero-order valence-corrected chi connectivity index (χ0v) is 22.4. The number of ether oxygens (including phenoxy) is 2. The summed E-state index contributed by atoms with van der Waals surface area (Å²) in [5, 5.41) is 10.00. The average molecular weight is 538 g/mol. The number of nitrogens with zero attached hydrogens (tertiary/aromatic N) is 1. The van der Waals surface area contributed by atoms with E-state index in [2.05, 4.69) is 24.6 Å². The second-order valence-corrected chi connectivity index (χ2v) is 12.8. The van der Waals surface area contributed by atoms with Gasteiger partial charge in [-0.3, -0.25) is 0 Å². The number of hydrogen-bond donors (Lipinski definition) is 1. The van der Waals surface area contributed by atoms with Crippen molar-refractivity contribution in [2.24, 2.45) is 5.41 Å². The number of sulfonamides is 1. The molecule has 0 amide bonds. The number of rotatable bonds is 9. The van der Waals surface area contributed by atoms with Gasteiger partial charge in [-0.25, -0.2) is 13.1 Å². The molecule has 188 valence electrons. The van der Waals surface area contributed by atoms with Crippen LogP contribution in [-0.4, -0.2) is 39.3 Å².